The van der Waals surface area contributed by atoms with Crippen molar-refractivity contribution in [2.24, 2.45) is 0 Å². The number of benzene rings is 2. The third-order valence-corrected chi connectivity index (χ3v) is 5.10. The van der Waals surface area contributed by atoms with Gasteiger partial charge in [0.25, 0.3) is 0 Å². The molecule has 0 heterocycles. The molecule has 2 aromatic carbocycles. The Bertz CT molecular complexity index is 902. The van der Waals surface area contributed by atoms with Crippen molar-refractivity contribution in [3.05, 3.63) is 77.4 Å². The summed E-state index contributed by atoms with van der Waals surface area (Å²) in [5.41, 5.74) is 3.47. The Balaban J connectivity index is 1.65. The molecule has 172 valence electrons. The molecule has 5 heteroatoms. The number of aliphatic hydroxyl groups is 1. The highest BCUT2D eigenvalue weighted by Crippen LogP contribution is 2.33. The molecular weight excluding hydrogens is 402 g/mol. The Hall–Kier alpha value is -2.76. The van der Waals surface area contributed by atoms with Crippen molar-refractivity contribution >= 4 is 0 Å². The van der Waals surface area contributed by atoms with Gasteiger partial charge < -0.3 is 24.6 Å². The Morgan fingerprint density at radius 2 is 1.72 bits per heavy atom. The lowest BCUT2D eigenvalue weighted by Gasteiger charge is -2.17. The summed E-state index contributed by atoms with van der Waals surface area (Å²) < 4.78 is 18.0. The summed E-state index contributed by atoms with van der Waals surface area (Å²) in [6, 6.07) is 14.2. The molecule has 0 aliphatic heterocycles. The average molecular weight is 438 g/mol. The quantitative estimate of drug-likeness (QED) is 0.491. The molecule has 0 saturated heterocycles. The summed E-state index contributed by atoms with van der Waals surface area (Å²) in [7, 11) is 0. The minimum absolute atomic E-state index is 0.205. The predicted octanol–water partition coefficient (Wildman–Crippen LogP) is 4.97. The van der Waals surface area contributed by atoms with Crippen molar-refractivity contribution < 1.29 is 19.3 Å². The zero-order chi connectivity index (χ0) is 22.8. The topological polar surface area (TPSA) is 60.0 Å². The zero-order valence-electron chi connectivity index (χ0n) is 19.3. The summed E-state index contributed by atoms with van der Waals surface area (Å²) in [4.78, 5) is 0. The fourth-order valence-corrected chi connectivity index (χ4v) is 3.21. The summed E-state index contributed by atoms with van der Waals surface area (Å²) in [6.45, 7) is 7.78. The van der Waals surface area contributed by atoms with E-state index in [4.69, 9.17) is 14.2 Å². The van der Waals surface area contributed by atoms with Crippen molar-refractivity contribution in [2.75, 3.05) is 19.8 Å². The van der Waals surface area contributed by atoms with E-state index in [2.05, 4.69) is 54.7 Å². The summed E-state index contributed by atoms with van der Waals surface area (Å²) in [5, 5.41) is 13.3. The van der Waals surface area contributed by atoms with E-state index in [9.17, 15) is 5.11 Å². The molecule has 0 saturated carbocycles. The third-order valence-electron chi connectivity index (χ3n) is 5.10. The summed E-state index contributed by atoms with van der Waals surface area (Å²) in [5.74, 6) is 1.93. The van der Waals surface area contributed by atoms with Gasteiger partial charge in [0, 0.05) is 18.7 Å². The zero-order valence-corrected chi connectivity index (χ0v) is 19.3. The Kier molecular flexibility index (Phi) is 9.20. The molecular formula is C27H35NO4. The van der Waals surface area contributed by atoms with E-state index in [1.54, 1.807) is 0 Å². The van der Waals surface area contributed by atoms with Crippen molar-refractivity contribution in [2.45, 2.75) is 52.4 Å². The monoisotopic (exact) mass is 437 g/mol. The first-order valence-corrected chi connectivity index (χ1v) is 11.3. The molecule has 0 aromatic heterocycles. The molecule has 1 unspecified atom stereocenters. The summed E-state index contributed by atoms with van der Waals surface area (Å²) in [6.07, 6.45) is 8.00. The van der Waals surface area contributed by atoms with E-state index in [1.807, 2.05) is 32.0 Å². The van der Waals surface area contributed by atoms with Crippen LogP contribution in [0.5, 0.6) is 17.2 Å². The van der Waals surface area contributed by atoms with E-state index >= 15 is 0 Å². The van der Waals surface area contributed by atoms with Crippen molar-refractivity contribution in [3.8, 4) is 17.2 Å². The molecule has 5 nitrogen and oxygen atoms in total. The van der Waals surface area contributed by atoms with E-state index in [0.29, 0.717) is 43.0 Å². The fourth-order valence-electron chi connectivity index (χ4n) is 3.21. The van der Waals surface area contributed by atoms with Gasteiger partial charge in [-0.1, -0.05) is 61.9 Å². The van der Waals surface area contributed by atoms with Gasteiger partial charge in [0.1, 0.15) is 31.7 Å². The van der Waals surface area contributed by atoms with E-state index in [-0.39, 0.29) is 6.61 Å². The van der Waals surface area contributed by atoms with Crippen molar-refractivity contribution in [3.63, 3.8) is 0 Å². The second kappa shape index (κ2) is 12.3. The van der Waals surface area contributed by atoms with Gasteiger partial charge in [-0.25, -0.2) is 0 Å². The Morgan fingerprint density at radius 3 is 2.44 bits per heavy atom. The minimum atomic E-state index is -0.586. The van der Waals surface area contributed by atoms with E-state index in [0.717, 1.165) is 24.0 Å². The predicted molar refractivity (Wildman–Crippen MR) is 129 cm³/mol. The normalized spacial score (nSPS) is 14.2. The smallest absolute Gasteiger partial charge is 0.165 e. The number of allylic oxidation sites excluding steroid dienone is 2. The number of ether oxygens (including phenoxy) is 3. The van der Waals surface area contributed by atoms with Crippen LogP contribution in [0, 0.1) is 6.92 Å². The standard InChI is InChI=1S/C27H35NO4/c1-20(2)28-16-24(29)19-30-25-13-14-26(31-18-23-11-9-21(3)10-12-23)27(15-25)32-17-22-7-5-4-6-8-22/h5,7-15,20,24,28-29H,4,6,16-19H2,1-3H3. The van der Waals surface area contributed by atoms with Crippen LogP contribution < -0.4 is 19.5 Å². The highest BCUT2D eigenvalue weighted by molar-refractivity contribution is 5.46. The van der Waals surface area contributed by atoms with Gasteiger partial charge in [-0.15, -0.1) is 0 Å². The average Bonchev–Trinajstić information content (AvgIpc) is 2.81. The van der Waals surface area contributed by atoms with Crippen LogP contribution in [-0.4, -0.2) is 37.0 Å². The molecule has 1 aliphatic rings. The van der Waals surface area contributed by atoms with Gasteiger partial charge in [-0.2, -0.15) is 0 Å². The van der Waals surface area contributed by atoms with Crippen molar-refractivity contribution in [1.29, 1.82) is 0 Å². The molecule has 1 atom stereocenters. The highest BCUT2D eigenvalue weighted by atomic mass is 16.5. The SMILES string of the molecule is Cc1ccc(COc2ccc(OCC(O)CNC(C)C)cc2OCC2=CCCC=C2)cc1. The molecule has 2 N–H and O–H groups in total. The van der Waals surface area contributed by atoms with Crippen LogP contribution in [0.15, 0.2) is 66.3 Å². The van der Waals surface area contributed by atoms with Crippen LogP contribution in [0.1, 0.15) is 37.8 Å². The highest BCUT2D eigenvalue weighted by Gasteiger charge is 2.12. The maximum Gasteiger partial charge on any atom is 0.165 e. The van der Waals surface area contributed by atoms with Gasteiger partial charge >= 0.3 is 0 Å². The van der Waals surface area contributed by atoms with Gasteiger partial charge in [-0.05, 0) is 43.0 Å². The first-order valence-electron chi connectivity index (χ1n) is 11.3. The van der Waals surface area contributed by atoms with Crippen LogP contribution in [-0.2, 0) is 6.61 Å². The third kappa shape index (κ3) is 8.06. The number of aryl methyl sites for hydroxylation is 1. The molecule has 0 fully saturated rings. The Labute approximate surface area is 191 Å². The van der Waals surface area contributed by atoms with Crippen LogP contribution in [0.25, 0.3) is 0 Å². The van der Waals surface area contributed by atoms with Gasteiger partial charge in [-0.3, -0.25) is 0 Å². The van der Waals surface area contributed by atoms with Crippen LogP contribution >= 0.6 is 0 Å². The second-order valence-electron chi connectivity index (χ2n) is 8.46. The number of hydrogen-bond donors (Lipinski definition) is 2. The van der Waals surface area contributed by atoms with Gasteiger partial charge in [0.05, 0.1) is 0 Å². The second-order valence-corrected chi connectivity index (χ2v) is 8.46. The number of hydrogen-bond acceptors (Lipinski definition) is 5. The lowest BCUT2D eigenvalue weighted by Crippen LogP contribution is -2.35. The molecule has 1 aliphatic carbocycles. The molecule has 0 radical (unpaired) electrons. The molecule has 2 aromatic rings. The van der Waals surface area contributed by atoms with Crippen LogP contribution in [0.4, 0.5) is 0 Å². The van der Waals surface area contributed by atoms with Gasteiger partial charge in [0.15, 0.2) is 11.5 Å². The Morgan fingerprint density at radius 1 is 0.938 bits per heavy atom. The molecule has 3 rings (SSSR count). The largest absolute Gasteiger partial charge is 0.491 e. The lowest BCUT2D eigenvalue weighted by molar-refractivity contribution is 0.104. The minimum Gasteiger partial charge on any atom is -0.491 e. The number of rotatable bonds is 12. The maximum atomic E-state index is 10.1. The maximum absolute atomic E-state index is 10.1. The molecule has 0 spiro atoms. The van der Waals surface area contributed by atoms with Crippen LogP contribution in [0.3, 0.4) is 0 Å². The first-order chi connectivity index (χ1) is 15.5. The number of nitrogens with one attached hydrogen (secondary N) is 1. The summed E-state index contributed by atoms with van der Waals surface area (Å²) >= 11 is 0. The molecule has 0 bridgehead atoms. The van der Waals surface area contributed by atoms with Crippen molar-refractivity contribution in [1.82, 2.24) is 5.32 Å². The van der Waals surface area contributed by atoms with E-state index in [1.165, 1.54) is 5.56 Å². The molecule has 32 heavy (non-hydrogen) atoms. The van der Waals surface area contributed by atoms with Gasteiger partial charge in [0.2, 0.25) is 0 Å². The molecule has 0 amide bonds. The first kappa shape index (κ1) is 23.9. The van der Waals surface area contributed by atoms with E-state index < -0.39 is 6.10 Å². The van der Waals surface area contributed by atoms with Crippen LogP contribution in [0.2, 0.25) is 0 Å². The lowest BCUT2D eigenvalue weighted by atomic mass is 10.1. The number of aliphatic hydroxyl groups excluding tert-OH is 1. The fraction of sp³-hybridized carbons (Fsp3) is 0.407.